The number of rotatable bonds is 3. The van der Waals surface area contributed by atoms with Crippen LogP contribution in [0.4, 0.5) is 0 Å². The molecule has 0 fully saturated rings. The van der Waals surface area contributed by atoms with E-state index in [0.29, 0.717) is 0 Å². The van der Waals surface area contributed by atoms with Crippen LogP contribution in [0.2, 0.25) is 0 Å². The van der Waals surface area contributed by atoms with Gasteiger partial charge in [0.05, 0.1) is 12.0 Å². The highest BCUT2D eigenvalue weighted by atomic mass is 32.2. The van der Waals surface area contributed by atoms with Crippen LogP contribution in [0.1, 0.15) is 5.76 Å². The van der Waals surface area contributed by atoms with E-state index >= 15 is 0 Å². The van der Waals surface area contributed by atoms with Crippen molar-refractivity contribution in [2.24, 2.45) is 0 Å². The van der Waals surface area contributed by atoms with Crippen LogP contribution in [0.5, 0.6) is 0 Å². The molecular weight excluding hydrogens is 180 g/mol. The van der Waals surface area contributed by atoms with Crippen LogP contribution in [0.25, 0.3) is 0 Å². The van der Waals surface area contributed by atoms with Gasteiger partial charge in [-0.15, -0.1) is 11.8 Å². The molecule has 0 atom stereocenters. The van der Waals surface area contributed by atoms with Gasteiger partial charge in [0.15, 0.2) is 0 Å². The second kappa shape index (κ2) is 4.19. The van der Waals surface area contributed by atoms with Crippen LogP contribution < -0.4 is 0 Å². The third kappa shape index (κ3) is 2.39. The molecule has 13 heavy (non-hydrogen) atoms. The summed E-state index contributed by atoms with van der Waals surface area (Å²) in [4.78, 5) is 1.25. The van der Waals surface area contributed by atoms with Crippen molar-refractivity contribution in [3.63, 3.8) is 0 Å². The standard InChI is InChI=1S/C11H9OS/c1-2-6-11(7-3-1)13-9-10-5-4-8-12-10/h2-8H,9H2. The van der Waals surface area contributed by atoms with Gasteiger partial charge in [0.2, 0.25) is 0 Å². The molecule has 1 aromatic heterocycles. The normalized spacial score (nSPS) is 10.2. The second-order valence-electron chi connectivity index (χ2n) is 2.60. The van der Waals surface area contributed by atoms with Gasteiger partial charge in [0.25, 0.3) is 0 Å². The smallest absolute Gasteiger partial charge is 0.113 e. The highest BCUT2D eigenvalue weighted by Gasteiger charge is 1.96. The van der Waals surface area contributed by atoms with Crippen LogP contribution in [0, 0.1) is 6.07 Å². The Hall–Kier alpha value is -1.15. The zero-order chi connectivity index (χ0) is 8.93. The molecular formula is C11H9OS. The molecule has 0 saturated carbocycles. The maximum Gasteiger partial charge on any atom is 0.113 e. The lowest BCUT2D eigenvalue weighted by Gasteiger charge is -1.97. The monoisotopic (exact) mass is 189 g/mol. The molecule has 0 spiro atoms. The average molecular weight is 189 g/mol. The second-order valence-corrected chi connectivity index (χ2v) is 3.65. The molecule has 0 N–H and O–H groups in total. The summed E-state index contributed by atoms with van der Waals surface area (Å²) >= 11 is 1.76. The van der Waals surface area contributed by atoms with Crippen LogP contribution in [0.15, 0.2) is 52.0 Å². The van der Waals surface area contributed by atoms with Crippen LogP contribution in [-0.2, 0) is 5.75 Å². The van der Waals surface area contributed by atoms with Crippen LogP contribution in [0.3, 0.4) is 0 Å². The maximum atomic E-state index is 5.23. The Bertz CT molecular complexity index is 340. The van der Waals surface area contributed by atoms with E-state index in [9.17, 15) is 0 Å². The van der Waals surface area contributed by atoms with E-state index in [-0.39, 0.29) is 0 Å². The summed E-state index contributed by atoms with van der Waals surface area (Å²) in [5, 5.41) is 0. The van der Waals surface area contributed by atoms with Crippen molar-refractivity contribution in [3.8, 4) is 0 Å². The predicted molar refractivity (Wildman–Crippen MR) is 53.5 cm³/mol. The Morgan fingerprint density at radius 1 is 1.23 bits per heavy atom. The zero-order valence-electron chi connectivity index (χ0n) is 7.07. The third-order valence-corrected chi connectivity index (χ3v) is 2.68. The quantitative estimate of drug-likeness (QED) is 0.687. The molecule has 65 valence electrons. The molecule has 0 bridgehead atoms. The fraction of sp³-hybridized carbons (Fsp3) is 0.0909. The highest BCUT2D eigenvalue weighted by molar-refractivity contribution is 7.98. The average Bonchev–Trinajstić information content (AvgIpc) is 2.69. The lowest BCUT2D eigenvalue weighted by molar-refractivity contribution is 0.530. The van der Waals surface area contributed by atoms with Gasteiger partial charge in [0, 0.05) is 4.90 Å². The molecule has 1 heterocycles. The van der Waals surface area contributed by atoms with Gasteiger partial charge in [-0.05, 0) is 30.3 Å². The number of hydrogen-bond acceptors (Lipinski definition) is 2. The van der Waals surface area contributed by atoms with Gasteiger partial charge >= 0.3 is 0 Å². The number of benzene rings is 1. The molecule has 0 amide bonds. The van der Waals surface area contributed by atoms with E-state index in [1.165, 1.54) is 4.90 Å². The van der Waals surface area contributed by atoms with E-state index in [0.717, 1.165) is 11.5 Å². The predicted octanol–water partition coefficient (Wildman–Crippen LogP) is 3.37. The lowest BCUT2D eigenvalue weighted by Crippen LogP contribution is -1.74. The molecule has 2 heteroatoms. The van der Waals surface area contributed by atoms with Crippen molar-refractivity contribution >= 4 is 11.8 Å². The summed E-state index contributed by atoms with van der Waals surface area (Å²) in [5.41, 5.74) is 0. The first-order valence-corrected chi connectivity index (χ1v) is 5.05. The zero-order valence-corrected chi connectivity index (χ0v) is 7.88. The van der Waals surface area contributed by atoms with Crippen molar-refractivity contribution in [2.75, 3.05) is 0 Å². The minimum absolute atomic E-state index is 0.886. The third-order valence-electron chi connectivity index (χ3n) is 1.65. The number of hydrogen-bond donors (Lipinski definition) is 0. The SMILES string of the molecule is [c]1ccc(SCc2ccco2)cc1. The first-order chi connectivity index (χ1) is 6.45. The van der Waals surface area contributed by atoms with Crippen LogP contribution >= 0.6 is 11.8 Å². The minimum Gasteiger partial charge on any atom is -0.468 e. The Kier molecular flexibility index (Phi) is 2.72. The summed E-state index contributed by atoms with van der Waals surface area (Å²) in [7, 11) is 0. The summed E-state index contributed by atoms with van der Waals surface area (Å²) in [6, 6.07) is 14.8. The van der Waals surface area contributed by atoms with E-state index in [2.05, 4.69) is 6.07 Å². The number of furan rings is 1. The highest BCUT2D eigenvalue weighted by Crippen LogP contribution is 2.21. The molecule has 1 nitrogen and oxygen atoms in total. The van der Waals surface area contributed by atoms with Crippen LogP contribution in [-0.4, -0.2) is 0 Å². The molecule has 0 aliphatic rings. The molecule has 2 rings (SSSR count). The Morgan fingerprint density at radius 2 is 2.08 bits per heavy atom. The molecule has 0 saturated heterocycles. The van der Waals surface area contributed by atoms with E-state index in [4.69, 9.17) is 4.42 Å². The maximum absolute atomic E-state index is 5.23. The van der Waals surface area contributed by atoms with Gasteiger partial charge in [0.1, 0.15) is 5.76 Å². The fourth-order valence-electron chi connectivity index (χ4n) is 1.02. The van der Waals surface area contributed by atoms with Crippen molar-refractivity contribution in [1.29, 1.82) is 0 Å². The van der Waals surface area contributed by atoms with Crippen molar-refractivity contribution < 1.29 is 4.42 Å². The van der Waals surface area contributed by atoms with Gasteiger partial charge in [-0.25, -0.2) is 0 Å². The van der Waals surface area contributed by atoms with E-state index in [1.54, 1.807) is 18.0 Å². The van der Waals surface area contributed by atoms with E-state index < -0.39 is 0 Å². The molecule has 0 unspecified atom stereocenters. The first-order valence-electron chi connectivity index (χ1n) is 4.06. The number of thioether (sulfide) groups is 1. The summed E-state index contributed by atoms with van der Waals surface area (Å²) < 4.78 is 5.23. The Balaban J connectivity index is 1.94. The molecule has 1 aromatic carbocycles. The lowest BCUT2D eigenvalue weighted by atomic mass is 10.4. The van der Waals surface area contributed by atoms with Gasteiger partial charge in [-0.3, -0.25) is 0 Å². The first kappa shape index (κ1) is 8.45. The summed E-state index contributed by atoms with van der Waals surface area (Å²) in [6.45, 7) is 0. The molecule has 0 aliphatic carbocycles. The summed E-state index contributed by atoms with van der Waals surface area (Å²) in [5.74, 6) is 1.90. The fourth-order valence-corrected chi connectivity index (χ4v) is 1.82. The molecule has 2 aromatic rings. The Morgan fingerprint density at radius 3 is 2.77 bits per heavy atom. The summed E-state index contributed by atoms with van der Waals surface area (Å²) in [6.07, 6.45) is 1.70. The van der Waals surface area contributed by atoms with E-state index in [1.807, 2.05) is 36.4 Å². The minimum atomic E-state index is 0.886. The van der Waals surface area contributed by atoms with Gasteiger partial charge in [-0.2, -0.15) is 0 Å². The van der Waals surface area contributed by atoms with Crippen molar-refractivity contribution in [1.82, 2.24) is 0 Å². The van der Waals surface area contributed by atoms with Gasteiger partial charge in [-0.1, -0.05) is 12.1 Å². The van der Waals surface area contributed by atoms with Crippen molar-refractivity contribution in [3.05, 3.63) is 54.5 Å². The molecule has 1 radical (unpaired) electrons. The molecule has 0 aliphatic heterocycles. The topological polar surface area (TPSA) is 13.1 Å². The largest absolute Gasteiger partial charge is 0.468 e. The Labute approximate surface area is 81.8 Å². The van der Waals surface area contributed by atoms with Crippen molar-refractivity contribution in [2.45, 2.75) is 10.6 Å². The van der Waals surface area contributed by atoms with Gasteiger partial charge < -0.3 is 4.42 Å².